The molecule has 1 fully saturated rings. The molecule has 3 heterocycles. The SMILES string of the molecule is CS(=O)(=O)c1ccc(C(=O)N2CCN(Cc3cn4ccccc4n3)CC2)cc1. The van der Waals surface area contributed by atoms with Gasteiger partial charge in [0.25, 0.3) is 5.91 Å². The highest BCUT2D eigenvalue weighted by Gasteiger charge is 2.23. The maximum Gasteiger partial charge on any atom is 0.253 e. The fourth-order valence-corrected chi connectivity index (χ4v) is 4.06. The molecule has 0 spiro atoms. The van der Waals surface area contributed by atoms with Crippen LogP contribution in [0.4, 0.5) is 0 Å². The van der Waals surface area contributed by atoms with Crippen molar-refractivity contribution in [1.29, 1.82) is 0 Å². The summed E-state index contributed by atoms with van der Waals surface area (Å²) in [6, 6.07) is 12.1. The summed E-state index contributed by atoms with van der Waals surface area (Å²) in [5, 5.41) is 0. The first kappa shape index (κ1) is 18.6. The van der Waals surface area contributed by atoms with Crippen molar-refractivity contribution in [3.63, 3.8) is 0 Å². The second-order valence-electron chi connectivity index (χ2n) is 7.06. The third-order valence-corrected chi connectivity index (χ3v) is 6.12. The number of nitrogens with zero attached hydrogens (tertiary/aromatic N) is 4. The summed E-state index contributed by atoms with van der Waals surface area (Å²) in [6.45, 7) is 3.59. The van der Waals surface area contributed by atoms with E-state index < -0.39 is 9.84 Å². The Hall–Kier alpha value is -2.71. The van der Waals surface area contributed by atoms with Crippen molar-refractivity contribution in [1.82, 2.24) is 19.2 Å². The molecule has 0 bridgehead atoms. The monoisotopic (exact) mass is 398 g/mol. The third-order valence-electron chi connectivity index (χ3n) is 4.99. The number of amides is 1. The van der Waals surface area contributed by atoms with Crippen LogP contribution in [0.3, 0.4) is 0 Å². The average molecular weight is 398 g/mol. The lowest BCUT2D eigenvalue weighted by molar-refractivity contribution is 0.0627. The minimum atomic E-state index is -3.26. The Morgan fingerprint density at radius 2 is 1.75 bits per heavy atom. The molecule has 3 aromatic rings. The number of carbonyl (C=O) groups is 1. The Morgan fingerprint density at radius 3 is 2.39 bits per heavy atom. The average Bonchev–Trinajstić information content (AvgIpc) is 3.10. The van der Waals surface area contributed by atoms with E-state index in [9.17, 15) is 13.2 Å². The second-order valence-corrected chi connectivity index (χ2v) is 9.08. The molecule has 28 heavy (non-hydrogen) atoms. The Bertz CT molecular complexity index is 1060. The van der Waals surface area contributed by atoms with Gasteiger partial charge in [0.1, 0.15) is 5.65 Å². The van der Waals surface area contributed by atoms with Crippen molar-refractivity contribution >= 4 is 21.4 Å². The van der Waals surface area contributed by atoms with Gasteiger partial charge in [-0.05, 0) is 36.4 Å². The quantitative estimate of drug-likeness (QED) is 0.669. The zero-order chi connectivity index (χ0) is 19.7. The van der Waals surface area contributed by atoms with Crippen molar-refractivity contribution in [2.75, 3.05) is 32.4 Å². The molecule has 0 radical (unpaired) electrons. The molecule has 1 saturated heterocycles. The van der Waals surface area contributed by atoms with Crippen LogP contribution in [0.15, 0.2) is 59.8 Å². The smallest absolute Gasteiger partial charge is 0.253 e. The minimum absolute atomic E-state index is 0.0626. The number of carbonyl (C=O) groups excluding carboxylic acids is 1. The number of piperazine rings is 1. The van der Waals surface area contributed by atoms with Crippen LogP contribution in [0.25, 0.3) is 5.65 Å². The largest absolute Gasteiger partial charge is 0.336 e. The van der Waals surface area contributed by atoms with Crippen LogP contribution in [-0.4, -0.2) is 65.9 Å². The van der Waals surface area contributed by atoms with Crippen LogP contribution in [0.2, 0.25) is 0 Å². The molecular formula is C20H22N4O3S. The molecule has 146 valence electrons. The molecule has 0 unspecified atom stereocenters. The number of imidazole rings is 1. The van der Waals surface area contributed by atoms with Crippen LogP contribution in [0, 0.1) is 0 Å². The molecule has 1 aromatic carbocycles. The summed E-state index contributed by atoms with van der Waals surface area (Å²) in [5.74, 6) is -0.0626. The molecule has 1 amide bonds. The van der Waals surface area contributed by atoms with Gasteiger partial charge in [-0.15, -0.1) is 0 Å². The van der Waals surface area contributed by atoms with Crippen molar-refractivity contribution in [3.8, 4) is 0 Å². The molecular weight excluding hydrogens is 376 g/mol. The van der Waals surface area contributed by atoms with E-state index in [0.29, 0.717) is 18.7 Å². The summed E-state index contributed by atoms with van der Waals surface area (Å²) in [5.41, 5.74) is 2.47. The number of pyridine rings is 1. The van der Waals surface area contributed by atoms with E-state index in [0.717, 1.165) is 37.2 Å². The predicted molar refractivity (Wildman–Crippen MR) is 106 cm³/mol. The molecule has 7 nitrogen and oxygen atoms in total. The highest BCUT2D eigenvalue weighted by atomic mass is 32.2. The van der Waals surface area contributed by atoms with E-state index in [1.54, 1.807) is 12.1 Å². The van der Waals surface area contributed by atoms with Gasteiger partial charge in [-0.2, -0.15) is 0 Å². The highest BCUT2D eigenvalue weighted by Crippen LogP contribution is 2.15. The number of hydrogen-bond donors (Lipinski definition) is 0. The Morgan fingerprint density at radius 1 is 1.04 bits per heavy atom. The molecule has 0 N–H and O–H groups in total. The van der Waals surface area contributed by atoms with Crippen molar-refractivity contribution in [2.24, 2.45) is 0 Å². The van der Waals surface area contributed by atoms with Gasteiger partial charge >= 0.3 is 0 Å². The van der Waals surface area contributed by atoms with Gasteiger partial charge in [-0.3, -0.25) is 9.69 Å². The van der Waals surface area contributed by atoms with E-state index in [1.807, 2.05) is 39.9 Å². The predicted octanol–water partition coefficient (Wildman–Crippen LogP) is 1.70. The summed E-state index contributed by atoms with van der Waals surface area (Å²) in [6.07, 6.45) is 5.18. The summed E-state index contributed by atoms with van der Waals surface area (Å²) in [7, 11) is -3.26. The molecule has 0 aliphatic carbocycles. The number of hydrogen-bond acceptors (Lipinski definition) is 5. The lowest BCUT2D eigenvalue weighted by Gasteiger charge is -2.34. The molecule has 0 saturated carbocycles. The van der Waals surface area contributed by atoms with Crippen molar-refractivity contribution < 1.29 is 13.2 Å². The Kier molecular flexibility index (Phi) is 4.91. The van der Waals surface area contributed by atoms with Gasteiger partial charge in [0, 0.05) is 56.9 Å². The number of sulfone groups is 1. The van der Waals surface area contributed by atoms with E-state index in [-0.39, 0.29) is 10.8 Å². The first-order valence-electron chi connectivity index (χ1n) is 9.14. The number of aromatic nitrogens is 2. The van der Waals surface area contributed by atoms with Crippen molar-refractivity contribution in [2.45, 2.75) is 11.4 Å². The topological polar surface area (TPSA) is 75.0 Å². The first-order chi connectivity index (χ1) is 13.4. The van der Waals surface area contributed by atoms with Gasteiger partial charge in [0.2, 0.25) is 0 Å². The molecule has 8 heteroatoms. The maximum atomic E-state index is 12.7. The fraction of sp³-hybridized carbons (Fsp3) is 0.300. The summed E-state index contributed by atoms with van der Waals surface area (Å²) in [4.78, 5) is 21.6. The van der Waals surface area contributed by atoms with Crippen LogP contribution in [-0.2, 0) is 16.4 Å². The van der Waals surface area contributed by atoms with Gasteiger partial charge in [-0.1, -0.05) is 6.07 Å². The number of fused-ring (bicyclic) bond motifs is 1. The standard InChI is InChI=1S/C20H22N4O3S/c1-28(26,27)18-7-5-16(6-8-18)20(25)23-12-10-22(11-13-23)14-17-15-24-9-3-2-4-19(24)21-17/h2-9,15H,10-14H2,1H3. The Balaban J connectivity index is 1.36. The minimum Gasteiger partial charge on any atom is -0.336 e. The second kappa shape index (κ2) is 7.37. The molecule has 0 atom stereocenters. The molecule has 4 rings (SSSR count). The first-order valence-corrected chi connectivity index (χ1v) is 11.0. The maximum absolute atomic E-state index is 12.7. The van der Waals surface area contributed by atoms with E-state index >= 15 is 0 Å². The zero-order valence-electron chi connectivity index (χ0n) is 15.7. The highest BCUT2D eigenvalue weighted by molar-refractivity contribution is 7.90. The van der Waals surface area contributed by atoms with Gasteiger partial charge in [-0.25, -0.2) is 13.4 Å². The Labute approximate surface area is 164 Å². The summed E-state index contributed by atoms with van der Waals surface area (Å²) >= 11 is 0. The van der Waals surface area contributed by atoms with E-state index in [2.05, 4.69) is 9.88 Å². The van der Waals surface area contributed by atoms with Crippen molar-refractivity contribution in [3.05, 3.63) is 66.1 Å². The van der Waals surface area contributed by atoms with Crippen LogP contribution in [0.1, 0.15) is 16.1 Å². The van der Waals surface area contributed by atoms with Crippen LogP contribution < -0.4 is 0 Å². The van der Waals surface area contributed by atoms with Gasteiger partial charge in [0.15, 0.2) is 9.84 Å². The van der Waals surface area contributed by atoms with Crippen LogP contribution in [0.5, 0.6) is 0 Å². The lowest BCUT2D eigenvalue weighted by atomic mass is 10.2. The zero-order valence-corrected chi connectivity index (χ0v) is 16.5. The number of benzene rings is 1. The molecule has 1 aliphatic heterocycles. The van der Waals surface area contributed by atoms with Gasteiger partial charge < -0.3 is 9.30 Å². The fourth-order valence-electron chi connectivity index (χ4n) is 3.43. The molecule has 1 aliphatic rings. The van der Waals surface area contributed by atoms with Gasteiger partial charge in [0.05, 0.1) is 10.6 Å². The third kappa shape index (κ3) is 3.93. The van der Waals surface area contributed by atoms with E-state index in [4.69, 9.17) is 0 Å². The normalized spacial score (nSPS) is 15.8. The summed E-state index contributed by atoms with van der Waals surface area (Å²) < 4.78 is 25.1. The number of rotatable bonds is 4. The molecule has 2 aromatic heterocycles. The van der Waals surface area contributed by atoms with Crippen LogP contribution >= 0.6 is 0 Å². The lowest BCUT2D eigenvalue weighted by Crippen LogP contribution is -2.48. The van der Waals surface area contributed by atoms with E-state index in [1.165, 1.54) is 12.1 Å².